The largest absolute Gasteiger partial charge is 0.444 e. The van der Waals surface area contributed by atoms with Gasteiger partial charge in [-0.3, -0.25) is 0 Å². The van der Waals surface area contributed by atoms with Crippen LogP contribution in [0.4, 0.5) is 4.79 Å². The summed E-state index contributed by atoms with van der Waals surface area (Å²) in [5.74, 6) is 0.0726. The molecule has 160 valence electrons. The van der Waals surface area contributed by atoms with Gasteiger partial charge in [-0.15, -0.1) is 0 Å². The van der Waals surface area contributed by atoms with Crippen LogP contribution in [0.2, 0.25) is 10.0 Å². The Hall–Kier alpha value is -1.23. The summed E-state index contributed by atoms with van der Waals surface area (Å²) in [5.41, 5.74) is 0.652. The molecule has 2 aliphatic rings. The van der Waals surface area contributed by atoms with E-state index < -0.39 is 11.2 Å². The molecule has 2 fully saturated rings. The van der Waals surface area contributed by atoms with E-state index in [4.69, 9.17) is 27.9 Å². The number of aliphatic hydroxyl groups is 1. The number of hydrogen-bond acceptors (Lipinski definition) is 3. The van der Waals surface area contributed by atoms with Crippen molar-refractivity contribution in [3.05, 3.63) is 46.0 Å². The minimum Gasteiger partial charge on any atom is -0.444 e. The molecule has 1 amide bonds. The summed E-state index contributed by atoms with van der Waals surface area (Å²) in [5, 5.41) is 11.6. The lowest BCUT2D eigenvalue weighted by atomic mass is 9.58. The maximum Gasteiger partial charge on any atom is 0.410 e. The van der Waals surface area contributed by atoms with Gasteiger partial charge >= 0.3 is 6.09 Å². The molecule has 1 atom stereocenters. The number of halogens is 2. The van der Waals surface area contributed by atoms with Crippen molar-refractivity contribution in [1.82, 2.24) is 4.90 Å². The standard InChI is InChI=1S/C23H31Cl2NO3/c1-15-13-26(20(27)29-21(2,3)4)14-17(15)23(10-8-22(5,28)9-11-23)16-6-7-18(24)19(25)12-16/h6-7,12,17,28H,1,8-11,13-14H2,2-5H3. The van der Waals surface area contributed by atoms with Crippen molar-refractivity contribution in [2.24, 2.45) is 5.92 Å². The molecule has 1 aliphatic heterocycles. The molecule has 0 bridgehead atoms. The van der Waals surface area contributed by atoms with Crippen molar-refractivity contribution in [3.63, 3.8) is 0 Å². The Morgan fingerprint density at radius 3 is 2.38 bits per heavy atom. The first-order valence-electron chi connectivity index (χ1n) is 10.2. The molecule has 1 N–H and O–H groups in total. The van der Waals surface area contributed by atoms with E-state index in [1.165, 1.54) is 0 Å². The maximum atomic E-state index is 12.7. The molecule has 6 heteroatoms. The summed E-state index contributed by atoms with van der Waals surface area (Å²) in [4.78, 5) is 14.4. The average Bonchev–Trinajstić information content (AvgIpc) is 2.99. The molecule has 0 radical (unpaired) electrons. The van der Waals surface area contributed by atoms with Crippen molar-refractivity contribution < 1.29 is 14.6 Å². The predicted molar refractivity (Wildman–Crippen MR) is 118 cm³/mol. The van der Waals surface area contributed by atoms with Crippen molar-refractivity contribution >= 4 is 29.3 Å². The van der Waals surface area contributed by atoms with E-state index in [9.17, 15) is 9.90 Å². The molecule has 1 unspecified atom stereocenters. The van der Waals surface area contributed by atoms with Crippen LogP contribution in [0.3, 0.4) is 0 Å². The third-order valence-electron chi connectivity index (χ3n) is 6.32. The van der Waals surface area contributed by atoms with Crippen LogP contribution < -0.4 is 0 Å². The second kappa shape index (κ2) is 7.79. The molecule has 4 nitrogen and oxygen atoms in total. The van der Waals surface area contributed by atoms with E-state index in [0.29, 0.717) is 36.0 Å². The highest BCUT2D eigenvalue weighted by atomic mass is 35.5. The molecule has 0 spiro atoms. The monoisotopic (exact) mass is 439 g/mol. The van der Waals surface area contributed by atoms with Gasteiger partial charge in [0, 0.05) is 24.4 Å². The topological polar surface area (TPSA) is 49.8 Å². The predicted octanol–water partition coefficient (Wildman–Crippen LogP) is 5.98. The SMILES string of the molecule is C=C1CN(C(=O)OC(C)(C)C)CC1C1(c2ccc(Cl)c(Cl)c2)CCC(C)(O)CC1. The number of ether oxygens (including phenoxy) is 1. The molecular weight excluding hydrogens is 409 g/mol. The Bertz CT molecular complexity index is 803. The van der Waals surface area contributed by atoms with Gasteiger partial charge in [-0.1, -0.05) is 41.4 Å². The number of rotatable bonds is 2. The van der Waals surface area contributed by atoms with Gasteiger partial charge in [-0.2, -0.15) is 0 Å². The molecule has 3 rings (SSSR count). The zero-order valence-electron chi connectivity index (χ0n) is 17.7. The highest BCUT2D eigenvalue weighted by molar-refractivity contribution is 6.42. The highest BCUT2D eigenvalue weighted by Crippen LogP contribution is 2.52. The van der Waals surface area contributed by atoms with Crippen LogP contribution in [-0.4, -0.2) is 40.4 Å². The minimum absolute atomic E-state index is 0.0726. The number of carbonyl (C=O) groups is 1. The average molecular weight is 440 g/mol. The van der Waals surface area contributed by atoms with Crippen LogP contribution in [0.25, 0.3) is 0 Å². The second-order valence-electron chi connectivity index (χ2n) is 9.85. The van der Waals surface area contributed by atoms with Crippen molar-refractivity contribution in [1.29, 1.82) is 0 Å². The molecule has 1 aromatic carbocycles. The molecule has 1 heterocycles. The summed E-state index contributed by atoms with van der Waals surface area (Å²) < 4.78 is 5.58. The lowest BCUT2D eigenvalue weighted by molar-refractivity contribution is -0.0100. The zero-order valence-corrected chi connectivity index (χ0v) is 19.2. The van der Waals surface area contributed by atoms with E-state index in [2.05, 4.69) is 6.58 Å². The lowest BCUT2D eigenvalue weighted by Gasteiger charge is -2.47. The van der Waals surface area contributed by atoms with Gasteiger partial charge in [0.1, 0.15) is 5.60 Å². The summed E-state index contributed by atoms with van der Waals surface area (Å²) in [6.45, 7) is 12.9. The van der Waals surface area contributed by atoms with Gasteiger partial charge in [0.05, 0.1) is 15.6 Å². The number of amides is 1. The van der Waals surface area contributed by atoms with E-state index >= 15 is 0 Å². The number of benzene rings is 1. The number of likely N-dealkylation sites (tertiary alicyclic amines) is 1. The first-order valence-corrected chi connectivity index (χ1v) is 10.9. The summed E-state index contributed by atoms with van der Waals surface area (Å²) in [6.07, 6.45) is 2.65. The van der Waals surface area contributed by atoms with Crippen LogP contribution in [0.1, 0.15) is 58.9 Å². The fourth-order valence-corrected chi connectivity index (χ4v) is 4.98. The van der Waals surface area contributed by atoms with E-state index in [-0.39, 0.29) is 17.4 Å². The Balaban J connectivity index is 1.94. The highest BCUT2D eigenvalue weighted by Gasteiger charge is 2.50. The zero-order chi connectivity index (χ0) is 21.6. The van der Waals surface area contributed by atoms with E-state index in [1.54, 1.807) is 4.90 Å². The van der Waals surface area contributed by atoms with Crippen LogP contribution in [0.5, 0.6) is 0 Å². The fraction of sp³-hybridized carbons (Fsp3) is 0.609. The molecule has 1 aliphatic carbocycles. The van der Waals surface area contributed by atoms with Crippen LogP contribution in [0.15, 0.2) is 30.4 Å². The Kier molecular flexibility index (Phi) is 6.03. The van der Waals surface area contributed by atoms with Crippen molar-refractivity contribution in [2.45, 2.75) is 70.0 Å². The minimum atomic E-state index is -0.676. The second-order valence-corrected chi connectivity index (χ2v) is 10.7. The Morgan fingerprint density at radius 2 is 1.83 bits per heavy atom. The maximum absolute atomic E-state index is 12.7. The van der Waals surface area contributed by atoms with Gasteiger partial charge in [-0.05, 0) is 71.1 Å². The van der Waals surface area contributed by atoms with Gasteiger partial charge in [0.15, 0.2) is 0 Å². The molecular formula is C23H31Cl2NO3. The van der Waals surface area contributed by atoms with Crippen LogP contribution >= 0.6 is 23.2 Å². The first kappa shape index (κ1) is 22.5. The van der Waals surface area contributed by atoms with Gasteiger partial charge in [-0.25, -0.2) is 4.79 Å². The first-order chi connectivity index (χ1) is 13.3. The number of nitrogens with zero attached hydrogens (tertiary/aromatic N) is 1. The van der Waals surface area contributed by atoms with E-state index in [1.807, 2.05) is 45.9 Å². The van der Waals surface area contributed by atoms with Crippen molar-refractivity contribution in [3.8, 4) is 0 Å². The smallest absolute Gasteiger partial charge is 0.410 e. The molecule has 1 aromatic rings. The van der Waals surface area contributed by atoms with Crippen LogP contribution in [0, 0.1) is 5.92 Å². The molecule has 0 aromatic heterocycles. The number of carbonyl (C=O) groups excluding carboxylic acids is 1. The van der Waals surface area contributed by atoms with Gasteiger partial charge in [0.2, 0.25) is 0 Å². The summed E-state index contributed by atoms with van der Waals surface area (Å²) in [7, 11) is 0. The molecule has 1 saturated carbocycles. The van der Waals surface area contributed by atoms with Crippen LogP contribution in [-0.2, 0) is 10.2 Å². The third-order valence-corrected chi connectivity index (χ3v) is 7.06. The van der Waals surface area contributed by atoms with Gasteiger partial charge < -0.3 is 14.7 Å². The quantitative estimate of drug-likeness (QED) is 0.576. The Morgan fingerprint density at radius 1 is 1.21 bits per heavy atom. The normalized spacial score (nSPS) is 30.5. The van der Waals surface area contributed by atoms with E-state index in [0.717, 1.165) is 24.0 Å². The number of hydrogen-bond donors (Lipinski definition) is 1. The van der Waals surface area contributed by atoms with Crippen molar-refractivity contribution in [2.75, 3.05) is 13.1 Å². The summed E-state index contributed by atoms with van der Waals surface area (Å²) in [6, 6.07) is 5.79. The van der Waals surface area contributed by atoms with Gasteiger partial charge in [0.25, 0.3) is 0 Å². The summed E-state index contributed by atoms with van der Waals surface area (Å²) >= 11 is 12.5. The molecule has 29 heavy (non-hydrogen) atoms. The lowest BCUT2D eigenvalue weighted by Crippen LogP contribution is -2.46. The molecule has 1 saturated heterocycles. The third kappa shape index (κ3) is 4.76. The fourth-order valence-electron chi connectivity index (χ4n) is 4.68. The Labute approximate surface area is 183 Å².